The van der Waals surface area contributed by atoms with Crippen molar-refractivity contribution in [3.05, 3.63) is 36.0 Å². The molecule has 0 atom stereocenters. The Labute approximate surface area is 190 Å². The van der Waals surface area contributed by atoms with Crippen molar-refractivity contribution >= 4 is 50.9 Å². The van der Waals surface area contributed by atoms with Crippen molar-refractivity contribution in [3.63, 3.8) is 0 Å². The van der Waals surface area contributed by atoms with Gasteiger partial charge in [-0.15, -0.1) is 24.0 Å². The van der Waals surface area contributed by atoms with E-state index in [1.165, 1.54) is 22.7 Å². The van der Waals surface area contributed by atoms with Crippen LogP contribution in [0.4, 0.5) is 0 Å². The van der Waals surface area contributed by atoms with Crippen LogP contribution in [0.25, 0.3) is 10.9 Å². The number of piperidine rings is 1. The zero-order valence-electron chi connectivity index (χ0n) is 17.1. The third kappa shape index (κ3) is 6.85. The summed E-state index contributed by atoms with van der Waals surface area (Å²) >= 11 is 0. The van der Waals surface area contributed by atoms with E-state index in [1.54, 1.807) is 4.31 Å². The first-order valence-electron chi connectivity index (χ1n) is 9.99. The van der Waals surface area contributed by atoms with E-state index in [1.807, 2.05) is 6.07 Å². The van der Waals surface area contributed by atoms with Gasteiger partial charge < -0.3 is 15.6 Å². The lowest BCUT2D eigenvalue weighted by Gasteiger charge is -2.29. The molecule has 0 bridgehead atoms. The van der Waals surface area contributed by atoms with E-state index >= 15 is 0 Å². The zero-order valence-corrected chi connectivity index (χ0v) is 20.3. The van der Waals surface area contributed by atoms with Crippen LogP contribution in [0.1, 0.15) is 25.3 Å². The summed E-state index contributed by atoms with van der Waals surface area (Å²) in [5, 5.41) is 7.98. The molecule has 3 N–H and O–H groups in total. The zero-order chi connectivity index (χ0) is 20.0. The van der Waals surface area contributed by atoms with Gasteiger partial charge in [-0.3, -0.25) is 4.99 Å². The molecule has 1 saturated heterocycles. The van der Waals surface area contributed by atoms with Crippen molar-refractivity contribution < 1.29 is 8.42 Å². The minimum atomic E-state index is -3.07. The molecule has 0 aliphatic carbocycles. The third-order valence-corrected chi connectivity index (χ3v) is 6.56. The molecule has 3 rings (SSSR count). The van der Waals surface area contributed by atoms with Gasteiger partial charge in [0.1, 0.15) is 0 Å². The number of hydrogen-bond acceptors (Lipinski definition) is 3. The number of benzene rings is 1. The molecule has 29 heavy (non-hydrogen) atoms. The van der Waals surface area contributed by atoms with Crippen LogP contribution in [-0.2, 0) is 16.4 Å². The lowest BCUT2D eigenvalue weighted by atomic mass is 9.98. The van der Waals surface area contributed by atoms with E-state index in [4.69, 9.17) is 4.99 Å². The monoisotopic (exact) mass is 533 g/mol. The molecule has 1 aromatic heterocycles. The van der Waals surface area contributed by atoms with Crippen LogP contribution in [0.3, 0.4) is 0 Å². The normalized spacial score (nSPS) is 16.6. The topological polar surface area (TPSA) is 89.6 Å². The maximum Gasteiger partial charge on any atom is 0.211 e. The lowest BCUT2D eigenvalue weighted by molar-refractivity contribution is 0.280. The van der Waals surface area contributed by atoms with Gasteiger partial charge in [0, 0.05) is 49.8 Å². The van der Waals surface area contributed by atoms with Gasteiger partial charge in [0.25, 0.3) is 0 Å². The molecule has 7 nitrogen and oxygen atoms in total. The number of nitrogens with one attached hydrogen (secondary N) is 3. The largest absolute Gasteiger partial charge is 0.361 e. The van der Waals surface area contributed by atoms with E-state index < -0.39 is 10.0 Å². The van der Waals surface area contributed by atoms with Crippen LogP contribution >= 0.6 is 24.0 Å². The van der Waals surface area contributed by atoms with Gasteiger partial charge in [0.05, 0.1) is 6.26 Å². The highest BCUT2D eigenvalue weighted by atomic mass is 127. The van der Waals surface area contributed by atoms with Gasteiger partial charge in [-0.25, -0.2) is 12.7 Å². The molecule has 162 valence electrons. The molecule has 2 heterocycles. The van der Waals surface area contributed by atoms with Crippen molar-refractivity contribution in [1.29, 1.82) is 0 Å². The highest BCUT2D eigenvalue weighted by molar-refractivity contribution is 14.0. The Bertz CT molecular complexity index is 904. The first-order valence-corrected chi connectivity index (χ1v) is 11.8. The smallest absolute Gasteiger partial charge is 0.211 e. The fraction of sp³-hybridized carbons (Fsp3) is 0.550. The summed E-state index contributed by atoms with van der Waals surface area (Å²) in [6.45, 7) is 5.60. The number of aromatic amines is 1. The minimum Gasteiger partial charge on any atom is -0.361 e. The SMILES string of the molecule is CCNC(=NCC1CCN(S(C)(=O)=O)CC1)NCCc1c[nH]c2ccccc12.I. The average Bonchev–Trinajstić information content (AvgIpc) is 3.09. The van der Waals surface area contributed by atoms with Crippen LogP contribution in [0, 0.1) is 5.92 Å². The molecule has 0 radical (unpaired) electrons. The molecule has 0 unspecified atom stereocenters. The summed E-state index contributed by atoms with van der Waals surface area (Å²) in [7, 11) is -3.07. The quantitative estimate of drug-likeness (QED) is 0.290. The summed E-state index contributed by atoms with van der Waals surface area (Å²) in [5.41, 5.74) is 2.46. The van der Waals surface area contributed by atoms with Gasteiger partial charge in [-0.2, -0.15) is 0 Å². The molecule has 2 aromatic rings. The number of rotatable bonds is 7. The maximum atomic E-state index is 11.6. The third-order valence-electron chi connectivity index (χ3n) is 5.26. The lowest BCUT2D eigenvalue weighted by Crippen LogP contribution is -2.40. The number of halogens is 1. The molecule has 0 saturated carbocycles. The van der Waals surface area contributed by atoms with Crippen LogP contribution < -0.4 is 10.6 Å². The summed E-state index contributed by atoms with van der Waals surface area (Å²) in [5.74, 6) is 1.26. The van der Waals surface area contributed by atoms with Crippen LogP contribution in [-0.4, -0.2) is 62.6 Å². The number of aromatic nitrogens is 1. The summed E-state index contributed by atoms with van der Waals surface area (Å²) in [6.07, 6.45) is 6.01. The Kier molecular flexibility index (Phi) is 9.22. The van der Waals surface area contributed by atoms with E-state index in [9.17, 15) is 8.42 Å². The second kappa shape index (κ2) is 11.2. The first kappa shape index (κ1) is 23.9. The molecular weight excluding hydrogens is 501 g/mol. The fourth-order valence-electron chi connectivity index (χ4n) is 3.64. The van der Waals surface area contributed by atoms with Crippen LogP contribution in [0.15, 0.2) is 35.5 Å². The van der Waals surface area contributed by atoms with Gasteiger partial charge in [-0.05, 0) is 43.7 Å². The van der Waals surface area contributed by atoms with Crippen molar-refractivity contribution in [2.24, 2.45) is 10.9 Å². The molecule has 1 fully saturated rings. The molecule has 9 heteroatoms. The predicted molar refractivity (Wildman–Crippen MR) is 131 cm³/mol. The molecule has 1 aliphatic heterocycles. The Balaban J connectivity index is 0.00000300. The van der Waals surface area contributed by atoms with Crippen molar-refractivity contribution in [1.82, 2.24) is 19.9 Å². The van der Waals surface area contributed by atoms with Gasteiger partial charge in [0.2, 0.25) is 10.0 Å². The van der Waals surface area contributed by atoms with E-state index in [0.717, 1.165) is 44.9 Å². The fourth-order valence-corrected chi connectivity index (χ4v) is 4.51. The second-order valence-corrected chi connectivity index (χ2v) is 9.34. The van der Waals surface area contributed by atoms with E-state index in [-0.39, 0.29) is 24.0 Å². The highest BCUT2D eigenvalue weighted by Gasteiger charge is 2.24. The number of nitrogens with zero attached hydrogens (tertiary/aromatic N) is 2. The number of para-hydroxylation sites is 1. The van der Waals surface area contributed by atoms with Crippen molar-refractivity contribution in [2.45, 2.75) is 26.2 Å². The summed E-state index contributed by atoms with van der Waals surface area (Å²) in [4.78, 5) is 8.04. The molecule has 1 aliphatic rings. The Hall–Kier alpha value is -1.33. The number of fused-ring (bicyclic) bond motifs is 1. The first-order chi connectivity index (χ1) is 13.5. The number of guanidine groups is 1. The van der Waals surface area contributed by atoms with Crippen molar-refractivity contribution in [3.8, 4) is 0 Å². The minimum absolute atomic E-state index is 0. The average molecular weight is 533 g/mol. The number of sulfonamides is 1. The molecular formula is C20H32IN5O2S. The Morgan fingerprint density at radius 1 is 1.24 bits per heavy atom. The molecule has 0 spiro atoms. The van der Waals surface area contributed by atoms with E-state index in [0.29, 0.717) is 19.0 Å². The Morgan fingerprint density at radius 2 is 1.97 bits per heavy atom. The van der Waals surface area contributed by atoms with Crippen LogP contribution in [0.5, 0.6) is 0 Å². The van der Waals surface area contributed by atoms with Crippen molar-refractivity contribution in [2.75, 3.05) is 39.0 Å². The molecule has 0 amide bonds. The van der Waals surface area contributed by atoms with Gasteiger partial charge in [-0.1, -0.05) is 18.2 Å². The summed E-state index contributed by atoms with van der Waals surface area (Å²) in [6, 6.07) is 8.33. The number of aliphatic imine (C=N–C) groups is 1. The van der Waals surface area contributed by atoms with Gasteiger partial charge >= 0.3 is 0 Å². The highest BCUT2D eigenvalue weighted by Crippen LogP contribution is 2.19. The van der Waals surface area contributed by atoms with E-state index in [2.05, 4.69) is 46.9 Å². The van der Waals surface area contributed by atoms with Crippen LogP contribution in [0.2, 0.25) is 0 Å². The molecule has 1 aromatic carbocycles. The number of H-pyrrole nitrogens is 1. The van der Waals surface area contributed by atoms with Gasteiger partial charge in [0.15, 0.2) is 5.96 Å². The standard InChI is InChI=1S/C20H31N5O2S.HI/c1-3-21-20(24-14-16-9-12-25(13-10-16)28(2,26)27)22-11-8-17-15-23-19-7-5-4-6-18(17)19;/h4-7,15-16,23H,3,8-14H2,1-2H3,(H2,21,22,24);1H. The number of hydrogen-bond donors (Lipinski definition) is 3. The Morgan fingerprint density at radius 3 is 2.66 bits per heavy atom. The maximum absolute atomic E-state index is 11.6. The second-order valence-electron chi connectivity index (χ2n) is 7.36. The summed E-state index contributed by atoms with van der Waals surface area (Å²) < 4.78 is 24.8. The predicted octanol–water partition coefficient (Wildman–Crippen LogP) is 2.56.